The molecule has 0 aromatic heterocycles. The van der Waals surface area contributed by atoms with Gasteiger partial charge >= 0.3 is 0 Å². The first-order chi connectivity index (χ1) is 4.93. The number of ether oxygens (including phenoxy) is 2. The Morgan fingerprint density at radius 2 is 2.60 bits per heavy atom. The molecule has 58 valence electrons. The van der Waals surface area contributed by atoms with Gasteiger partial charge in [0.15, 0.2) is 5.90 Å². The first-order valence-corrected chi connectivity index (χ1v) is 3.58. The van der Waals surface area contributed by atoms with Gasteiger partial charge in [0, 0.05) is 20.1 Å². The highest BCUT2D eigenvalue weighted by Crippen LogP contribution is 2.01. The zero-order valence-corrected chi connectivity index (χ0v) is 6.30. The second-order valence-corrected chi connectivity index (χ2v) is 2.22. The topological polar surface area (TPSA) is 30.8 Å². The Hall–Kier alpha value is -0.570. The summed E-state index contributed by atoms with van der Waals surface area (Å²) in [4.78, 5) is 4.15. The van der Waals surface area contributed by atoms with Gasteiger partial charge in [-0.05, 0) is 6.42 Å². The Kier molecular flexibility index (Phi) is 3.22. The Bertz CT molecular complexity index is 123. The molecule has 1 aliphatic rings. The SMILES string of the molecule is COCCCC1=NCCO1. The number of rotatable bonds is 4. The number of nitrogens with zero attached hydrogens (tertiary/aromatic N) is 1. The van der Waals surface area contributed by atoms with Gasteiger partial charge in [0.25, 0.3) is 0 Å². The molecule has 3 heteroatoms. The van der Waals surface area contributed by atoms with Crippen LogP contribution in [0.3, 0.4) is 0 Å². The van der Waals surface area contributed by atoms with Crippen molar-refractivity contribution in [1.82, 2.24) is 0 Å². The van der Waals surface area contributed by atoms with E-state index in [1.165, 1.54) is 0 Å². The molecular weight excluding hydrogens is 130 g/mol. The van der Waals surface area contributed by atoms with Gasteiger partial charge in [-0.3, -0.25) is 4.99 Å². The molecule has 0 aromatic rings. The molecule has 0 unspecified atom stereocenters. The molecule has 0 aromatic carbocycles. The Labute approximate surface area is 61.0 Å². The zero-order valence-electron chi connectivity index (χ0n) is 6.30. The largest absolute Gasteiger partial charge is 0.479 e. The molecule has 3 nitrogen and oxygen atoms in total. The van der Waals surface area contributed by atoms with Gasteiger partial charge < -0.3 is 9.47 Å². The van der Waals surface area contributed by atoms with Crippen molar-refractivity contribution in [2.24, 2.45) is 4.99 Å². The molecule has 0 spiro atoms. The van der Waals surface area contributed by atoms with Gasteiger partial charge in [0.05, 0.1) is 6.54 Å². The monoisotopic (exact) mass is 143 g/mol. The van der Waals surface area contributed by atoms with Crippen LogP contribution in [0.5, 0.6) is 0 Å². The number of methoxy groups -OCH3 is 1. The second kappa shape index (κ2) is 4.28. The lowest BCUT2D eigenvalue weighted by molar-refractivity contribution is 0.194. The summed E-state index contributed by atoms with van der Waals surface area (Å²) in [6.07, 6.45) is 1.93. The maximum atomic E-state index is 5.19. The fraction of sp³-hybridized carbons (Fsp3) is 0.857. The molecule has 0 bridgehead atoms. The van der Waals surface area contributed by atoms with Crippen LogP contribution in [0.1, 0.15) is 12.8 Å². The van der Waals surface area contributed by atoms with E-state index in [0.29, 0.717) is 0 Å². The average molecular weight is 143 g/mol. The van der Waals surface area contributed by atoms with Crippen LogP contribution < -0.4 is 0 Å². The molecule has 1 aliphatic heterocycles. The fourth-order valence-corrected chi connectivity index (χ4v) is 0.898. The standard InChI is InChI=1S/C7H13NO2/c1-9-5-2-3-7-8-4-6-10-7/h2-6H2,1H3. The number of hydrogen-bond acceptors (Lipinski definition) is 3. The summed E-state index contributed by atoms with van der Waals surface area (Å²) in [5.74, 6) is 0.900. The van der Waals surface area contributed by atoms with E-state index in [0.717, 1.165) is 38.5 Å². The molecule has 0 aliphatic carbocycles. The van der Waals surface area contributed by atoms with Crippen LogP contribution in [0.15, 0.2) is 4.99 Å². The first kappa shape index (κ1) is 7.54. The van der Waals surface area contributed by atoms with E-state index < -0.39 is 0 Å². The van der Waals surface area contributed by atoms with Crippen molar-refractivity contribution in [3.8, 4) is 0 Å². The highest BCUT2D eigenvalue weighted by molar-refractivity contribution is 5.77. The minimum Gasteiger partial charge on any atom is -0.479 e. The van der Waals surface area contributed by atoms with Crippen LogP contribution in [0.25, 0.3) is 0 Å². The lowest BCUT2D eigenvalue weighted by Crippen LogP contribution is -2.00. The van der Waals surface area contributed by atoms with E-state index in [1.807, 2.05) is 0 Å². The van der Waals surface area contributed by atoms with Crippen molar-refractivity contribution in [2.45, 2.75) is 12.8 Å². The zero-order chi connectivity index (χ0) is 7.23. The van der Waals surface area contributed by atoms with Gasteiger partial charge in [-0.2, -0.15) is 0 Å². The molecule has 0 saturated heterocycles. The van der Waals surface area contributed by atoms with Crippen LogP contribution in [-0.2, 0) is 9.47 Å². The highest BCUT2D eigenvalue weighted by Gasteiger charge is 2.05. The minimum atomic E-state index is 0.766. The van der Waals surface area contributed by atoms with Crippen molar-refractivity contribution in [1.29, 1.82) is 0 Å². The molecule has 1 heterocycles. The molecule has 0 saturated carbocycles. The van der Waals surface area contributed by atoms with Crippen molar-refractivity contribution in [3.63, 3.8) is 0 Å². The Balaban J connectivity index is 2.01. The third kappa shape index (κ3) is 2.35. The molecular formula is C7H13NO2. The van der Waals surface area contributed by atoms with E-state index in [4.69, 9.17) is 9.47 Å². The van der Waals surface area contributed by atoms with E-state index >= 15 is 0 Å². The third-order valence-electron chi connectivity index (χ3n) is 1.39. The van der Waals surface area contributed by atoms with Crippen LogP contribution in [0.4, 0.5) is 0 Å². The van der Waals surface area contributed by atoms with E-state index in [9.17, 15) is 0 Å². The van der Waals surface area contributed by atoms with Gasteiger partial charge in [0.2, 0.25) is 0 Å². The van der Waals surface area contributed by atoms with Crippen LogP contribution in [-0.4, -0.2) is 32.8 Å². The first-order valence-electron chi connectivity index (χ1n) is 3.58. The lowest BCUT2D eigenvalue weighted by Gasteiger charge is -1.99. The maximum Gasteiger partial charge on any atom is 0.183 e. The highest BCUT2D eigenvalue weighted by atomic mass is 16.5. The van der Waals surface area contributed by atoms with Gasteiger partial charge in [0.1, 0.15) is 6.61 Å². The predicted octanol–water partition coefficient (Wildman–Crippen LogP) is 0.842. The summed E-state index contributed by atoms with van der Waals surface area (Å²) in [6.45, 7) is 2.40. The van der Waals surface area contributed by atoms with Crippen LogP contribution >= 0.6 is 0 Å². The summed E-state index contributed by atoms with van der Waals surface area (Å²) in [5.41, 5.74) is 0. The average Bonchev–Trinajstić information content (AvgIpc) is 2.41. The van der Waals surface area contributed by atoms with Gasteiger partial charge in [-0.25, -0.2) is 0 Å². The molecule has 0 atom stereocenters. The third-order valence-corrected chi connectivity index (χ3v) is 1.39. The molecule has 0 amide bonds. The normalized spacial score (nSPS) is 16.7. The molecule has 1 rings (SSSR count). The van der Waals surface area contributed by atoms with Crippen LogP contribution in [0, 0.1) is 0 Å². The van der Waals surface area contributed by atoms with Crippen molar-refractivity contribution >= 4 is 5.90 Å². The van der Waals surface area contributed by atoms with Crippen molar-refractivity contribution in [2.75, 3.05) is 26.9 Å². The van der Waals surface area contributed by atoms with Gasteiger partial charge in [-0.15, -0.1) is 0 Å². The second-order valence-electron chi connectivity index (χ2n) is 2.22. The smallest absolute Gasteiger partial charge is 0.183 e. The van der Waals surface area contributed by atoms with Crippen LogP contribution in [0.2, 0.25) is 0 Å². The van der Waals surface area contributed by atoms with Crippen molar-refractivity contribution in [3.05, 3.63) is 0 Å². The number of aliphatic imine (C=N–C) groups is 1. The number of hydrogen-bond donors (Lipinski definition) is 0. The Morgan fingerprint density at radius 3 is 3.20 bits per heavy atom. The van der Waals surface area contributed by atoms with Crippen molar-refractivity contribution < 1.29 is 9.47 Å². The fourth-order valence-electron chi connectivity index (χ4n) is 0.898. The quantitative estimate of drug-likeness (QED) is 0.546. The summed E-state index contributed by atoms with van der Waals surface area (Å²) in [7, 11) is 1.71. The lowest BCUT2D eigenvalue weighted by atomic mass is 10.3. The molecule has 0 fully saturated rings. The van der Waals surface area contributed by atoms with E-state index in [2.05, 4.69) is 4.99 Å². The maximum absolute atomic E-state index is 5.19. The van der Waals surface area contributed by atoms with E-state index in [1.54, 1.807) is 7.11 Å². The molecule has 10 heavy (non-hydrogen) atoms. The summed E-state index contributed by atoms with van der Waals surface area (Å²) >= 11 is 0. The van der Waals surface area contributed by atoms with E-state index in [-0.39, 0.29) is 0 Å². The molecule has 0 N–H and O–H groups in total. The summed E-state index contributed by atoms with van der Waals surface area (Å²) < 4.78 is 10.1. The minimum absolute atomic E-state index is 0.766. The Morgan fingerprint density at radius 1 is 1.70 bits per heavy atom. The summed E-state index contributed by atoms with van der Waals surface area (Å²) in [6, 6.07) is 0. The predicted molar refractivity (Wildman–Crippen MR) is 39.4 cm³/mol. The summed E-state index contributed by atoms with van der Waals surface area (Å²) in [5, 5.41) is 0. The van der Waals surface area contributed by atoms with Gasteiger partial charge in [-0.1, -0.05) is 0 Å². The molecule has 0 radical (unpaired) electrons.